The van der Waals surface area contributed by atoms with Gasteiger partial charge in [-0.3, -0.25) is 0 Å². The molecule has 11 heteroatoms. The summed E-state index contributed by atoms with van der Waals surface area (Å²) in [6.07, 6.45) is 0. The van der Waals surface area contributed by atoms with E-state index in [1.807, 2.05) is 0 Å². The molecule has 0 atom stereocenters. The maximum Gasteiger partial charge on any atom is 0.346 e. The van der Waals surface area contributed by atoms with Crippen molar-refractivity contribution in [2.24, 2.45) is 0 Å². The molecule has 1 heterocycles. The third-order valence-electron chi connectivity index (χ3n) is 3.93. The molecule has 3 aromatic rings. The van der Waals surface area contributed by atoms with Crippen molar-refractivity contribution in [1.82, 2.24) is 5.16 Å². The Morgan fingerprint density at radius 1 is 1.13 bits per heavy atom. The molecule has 9 nitrogen and oxygen atoms in total. The molecule has 156 valence electrons. The van der Waals surface area contributed by atoms with Gasteiger partial charge in [0.15, 0.2) is 5.56 Å². The number of aromatic carboxylic acids is 1. The zero-order valence-electron chi connectivity index (χ0n) is 15.5. The monoisotopic (exact) mass is 450 g/mol. The number of aromatic nitrogens is 1. The van der Waals surface area contributed by atoms with E-state index in [-0.39, 0.29) is 28.3 Å². The largest absolute Gasteiger partial charge is 0.478 e. The van der Waals surface area contributed by atoms with Gasteiger partial charge in [-0.1, -0.05) is 28.9 Å². The minimum atomic E-state index is -4.21. The average molecular weight is 451 g/mol. The van der Waals surface area contributed by atoms with Crippen molar-refractivity contribution >= 4 is 39.4 Å². The number of hydrogen-bond donors (Lipinski definition) is 2. The Kier molecular flexibility index (Phi) is 6.09. The number of rotatable bonds is 7. The van der Waals surface area contributed by atoms with E-state index < -0.39 is 27.8 Å². The number of carboxylic acid groups (broad SMARTS) is 1. The number of ether oxygens (including phenoxy) is 1. The molecule has 0 aliphatic heterocycles. The molecule has 0 spiro atoms. The molecule has 0 aliphatic rings. The third kappa shape index (κ3) is 4.44. The lowest BCUT2D eigenvalue weighted by atomic mass is 10.1. The molecule has 0 unspecified atom stereocenters. The van der Waals surface area contributed by atoms with Gasteiger partial charge in [-0.05, 0) is 43.3 Å². The van der Waals surface area contributed by atoms with Crippen LogP contribution in [0, 0.1) is 0 Å². The van der Waals surface area contributed by atoms with Crippen LogP contribution >= 0.6 is 11.6 Å². The van der Waals surface area contributed by atoms with Crippen LogP contribution in [-0.2, 0) is 14.8 Å². The van der Waals surface area contributed by atoms with Crippen molar-refractivity contribution in [2.45, 2.75) is 11.8 Å². The molecule has 0 fully saturated rings. The van der Waals surface area contributed by atoms with Crippen molar-refractivity contribution in [3.8, 4) is 11.3 Å². The molecular weight excluding hydrogens is 436 g/mol. The van der Waals surface area contributed by atoms with Crippen molar-refractivity contribution in [3.63, 3.8) is 0 Å². The molecule has 0 amide bonds. The first-order valence-electron chi connectivity index (χ1n) is 8.52. The number of halogens is 1. The Bertz CT molecular complexity index is 1190. The molecular formula is C19H15ClN2O7S. The van der Waals surface area contributed by atoms with Gasteiger partial charge in [-0.2, -0.15) is 0 Å². The first-order valence-corrected chi connectivity index (χ1v) is 10.4. The van der Waals surface area contributed by atoms with Crippen LogP contribution in [0.25, 0.3) is 11.3 Å². The maximum absolute atomic E-state index is 12.7. The molecule has 0 saturated carbocycles. The third-order valence-corrected chi connectivity index (χ3v) is 5.53. The molecule has 2 N–H and O–H groups in total. The highest BCUT2D eigenvalue weighted by Gasteiger charge is 2.29. The van der Waals surface area contributed by atoms with Gasteiger partial charge in [0.2, 0.25) is 0 Å². The Balaban J connectivity index is 2.01. The van der Waals surface area contributed by atoms with Crippen LogP contribution in [0.15, 0.2) is 57.9 Å². The molecule has 0 aliphatic carbocycles. The van der Waals surface area contributed by atoms with Crippen LogP contribution in [0.4, 0.5) is 5.88 Å². The van der Waals surface area contributed by atoms with E-state index in [0.29, 0.717) is 10.6 Å². The molecule has 30 heavy (non-hydrogen) atoms. The fourth-order valence-electron chi connectivity index (χ4n) is 2.51. The number of hydrogen-bond acceptors (Lipinski definition) is 7. The van der Waals surface area contributed by atoms with Gasteiger partial charge in [-0.15, -0.1) is 0 Å². The predicted molar refractivity (Wildman–Crippen MR) is 107 cm³/mol. The highest BCUT2D eigenvalue weighted by Crippen LogP contribution is 2.31. The van der Waals surface area contributed by atoms with Gasteiger partial charge in [0.05, 0.1) is 17.1 Å². The molecule has 3 rings (SSSR count). The summed E-state index contributed by atoms with van der Waals surface area (Å²) in [5.74, 6) is -2.46. The summed E-state index contributed by atoms with van der Waals surface area (Å²) in [5, 5.41) is 13.2. The van der Waals surface area contributed by atoms with Gasteiger partial charge in [0, 0.05) is 10.6 Å². The number of nitrogens with one attached hydrogen (secondary N) is 1. The number of carbonyl (C=O) groups is 2. The molecule has 0 radical (unpaired) electrons. The highest BCUT2D eigenvalue weighted by molar-refractivity contribution is 7.92. The van der Waals surface area contributed by atoms with Gasteiger partial charge in [0.25, 0.3) is 15.9 Å². The first kappa shape index (κ1) is 21.3. The van der Waals surface area contributed by atoms with E-state index in [9.17, 15) is 18.0 Å². The number of sulfonamides is 1. The van der Waals surface area contributed by atoms with E-state index >= 15 is 0 Å². The normalized spacial score (nSPS) is 11.1. The van der Waals surface area contributed by atoms with Crippen LogP contribution in [0.2, 0.25) is 5.02 Å². The van der Waals surface area contributed by atoms with Crippen LogP contribution in [0.1, 0.15) is 27.6 Å². The average Bonchev–Trinajstić information content (AvgIpc) is 3.11. The summed E-state index contributed by atoms with van der Waals surface area (Å²) >= 11 is 5.88. The number of esters is 1. The SMILES string of the molecule is CCOC(=O)c1c(-c2ccc(Cl)cc2)noc1NS(=O)(=O)c1ccc(C(=O)O)cc1. The second kappa shape index (κ2) is 8.56. The summed E-state index contributed by atoms with van der Waals surface area (Å²) in [7, 11) is -4.21. The van der Waals surface area contributed by atoms with Gasteiger partial charge in [-0.25, -0.2) is 22.7 Å². The van der Waals surface area contributed by atoms with E-state index in [0.717, 1.165) is 24.3 Å². The van der Waals surface area contributed by atoms with Gasteiger partial charge in [0.1, 0.15) is 5.69 Å². The lowest BCUT2D eigenvalue weighted by Gasteiger charge is -2.08. The van der Waals surface area contributed by atoms with Crippen molar-refractivity contribution in [3.05, 3.63) is 64.7 Å². The highest BCUT2D eigenvalue weighted by atomic mass is 35.5. The summed E-state index contributed by atoms with van der Waals surface area (Å²) in [5.41, 5.74) is 0.252. The molecule has 2 aromatic carbocycles. The van der Waals surface area contributed by atoms with Crippen molar-refractivity contribution < 1.29 is 32.4 Å². The van der Waals surface area contributed by atoms with E-state index in [4.69, 9.17) is 26.0 Å². The molecule has 1 aromatic heterocycles. The summed E-state index contributed by atoms with van der Waals surface area (Å²) in [6.45, 7) is 1.65. The van der Waals surface area contributed by atoms with Crippen LogP contribution in [0.5, 0.6) is 0 Å². The number of carbonyl (C=O) groups excluding carboxylic acids is 1. The summed E-state index contributed by atoms with van der Waals surface area (Å²) in [6, 6.07) is 10.9. The van der Waals surface area contributed by atoms with Crippen molar-refractivity contribution in [1.29, 1.82) is 0 Å². The lowest BCUT2D eigenvalue weighted by molar-refractivity contribution is 0.0527. The van der Waals surface area contributed by atoms with Crippen LogP contribution in [-0.4, -0.2) is 37.2 Å². The van der Waals surface area contributed by atoms with Crippen LogP contribution in [0.3, 0.4) is 0 Å². The Hall–Kier alpha value is -3.37. The topological polar surface area (TPSA) is 136 Å². The number of carboxylic acids is 1. The Labute approximate surface area is 176 Å². The van der Waals surface area contributed by atoms with E-state index in [1.165, 1.54) is 0 Å². The standard InChI is InChI=1S/C19H15ClN2O7S/c1-2-28-19(25)15-16(11-3-7-13(20)8-4-11)21-29-17(15)22-30(26,27)14-9-5-12(6-10-14)18(23)24/h3-10,22H,2H2,1H3,(H,23,24). The number of benzene rings is 2. The lowest BCUT2D eigenvalue weighted by Crippen LogP contribution is -2.16. The zero-order chi connectivity index (χ0) is 21.9. The van der Waals surface area contributed by atoms with Gasteiger partial charge < -0.3 is 14.4 Å². The second-order valence-corrected chi connectivity index (χ2v) is 8.02. The van der Waals surface area contributed by atoms with E-state index in [2.05, 4.69) is 9.88 Å². The summed E-state index contributed by atoms with van der Waals surface area (Å²) in [4.78, 5) is 23.2. The maximum atomic E-state index is 12.7. The number of nitrogens with zero attached hydrogens (tertiary/aromatic N) is 1. The fourth-order valence-corrected chi connectivity index (χ4v) is 3.64. The molecule has 0 bridgehead atoms. The minimum Gasteiger partial charge on any atom is -0.478 e. The smallest absolute Gasteiger partial charge is 0.346 e. The fraction of sp³-hybridized carbons (Fsp3) is 0.105. The van der Waals surface area contributed by atoms with Gasteiger partial charge >= 0.3 is 11.9 Å². The molecule has 0 saturated heterocycles. The zero-order valence-corrected chi connectivity index (χ0v) is 17.0. The second-order valence-electron chi connectivity index (χ2n) is 5.90. The Morgan fingerprint density at radius 3 is 2.33 bits per heavy atom. The van der Waals surface area contributed by atoms with Crippen LogP contribution < -0.4 is 4.72 Å². The predicted octanol–water partition coefficient (Wildman–Crippen LogP) is 3.67. The minimum absolute atomic E-state index is 0.0485. The summed E-state index contributed by atoms with van der Waals surface area (Å²) < 4.78 is 37.7. The quantitative estimate of drug-likeness (QED) is 0.520. The number of anilines is 1. The van der Waals surface area contributed by atoms with E-state index in [1.54, 1.807) is 31.2 Å². The van der Waals surface area contributed by atoms with Crippen molar-refractivity contribution in [2.75, 3.05) is 11.3 Å². The Morgan fingerprint density at radius 2 is 1.77 bits per heavy atom. The first-order chi connectivity index (χ1) is 14.2.